The number of unbranched alkanes of at least 4 members (excludes halogenated alkanes) is 6. The molecular weight excluding hydrogens is 504 g/mol. The average molecular weight is 587 g/mol. The maximum atomic E-state index is 2.62. The van der Waals surface area contributed by atoms with Gasteiger partial charge in [-0.05, 0) is 73.5 Å². The van der Waals surface area contributed by atoms with Gasteiger partial charge in [0.25, 0.3) is 0 Å². The van der Waals surface area contributed by atoms with Crippen LogP contribution in [0.5, 0.6) is 0 Å². The molecule has 0 saturated carbocycles. The van der Waals surface area contributed by atoms with E-state index in [1.165, 1.54) is 141 Å². The quantitative estimate of drug-likeness (QED) is 0.0580. The van der Waals surface area contributed by atoms with Gasteiger partial charge in [0.05, 0.1) is 0 Å². The van der Waals surface area contributed by atoms with Crippen molar-refractivity contribution in [2.45, 2.75) is 204 Å². The van der Waals surface area contributed by atoms with E-state index >= 15 is 0 Å². The summed E-state index contributed by atoms with van der Waals surface area (Å²) in [7, 11) is 0. The van der Waals surface area contributed by atoms with Gasteiger partial charge in [0, 0.05) is 0 Å². The van der Waals surface area contributed by atoms with Crippen molar-refractivity contribution in [1.82, 2.24) is 0 Å². The Labute approximate surface area is 268 Å². The predicted octanol–water partition coefficient (Wildman–Crippen LogP) is 15.2. The highest BCUT2D eigenvalue weighted by molar-refractivity contribution is 4.96. The number of hydrogen-bond acceptors (Lipinski definition) is 0. The molecule has 0 fully saturated rings. The van der Waals surface area contributed by atoms with Crippen LogP contribution >= 0.6 is 0 Å². The number of hydrogen-bond donors (Lipinski definition) is 0. The third-order valence-corrected chi connectivity index (χ3v) is 10.1. The van der Waals surface area contributed by atoms with E-state index in [9.17, 15) is 0 Å². The van der Waals surface area contributed by atoms with E-state index < -0.39 is 0 Å². The lowest BCUT2D eigenvalue weighted by Crippen LogP contribution is -2.09. The molecule has 0 N–H and O–H groups in total. The minimum Gasteiger partial charge on any atom is -0.0885 e. The van der Waals surface area contributed by atoms with Crippen LogP contribution in [-0.2, 0) is 0 Å². The van der Waals surface area contributed by atoms with Crippen molar-refractivity contribution in [3.63, 3.8) is 0 Å². The summed E-state index contributed by atoms with van der Waals surface area (Å²) in [5.74, 6) is 5.85. The van der Waals surface area contributed by atoms with Gasteiger partial charge in [-0.3, -0.25) is 0 Å². The zero-order valence-electron chi connectivity index (χ0n) is 30.9. The first-order chi connectivity index (χ1) is 20.2. The fourth-order valence-corrected chi connectivity index (χ4v) is 6.72. The average Bonchev–Trinajstić information content (AvgIpc) is 2.94. The first-order valence-electron chi connectivity index (χ1n) is 19.5. The van der Waals surface area contributed by atoms with Gasteiger partial charge >= 0.3 is 0 Å². The molecule has 0 amide bonds. The topological polar surface area (TPSA) is 0 Å². The Balaban J connectivity index is 4.35. The minimum absolute atomic E-state index is 0.730. The Morgan fingerprint density at radius 2 is 0.976 bits per heavy atom. The first-order valence-corrected chi connectivity index (χ1v) is 19.5. The molecule has 0 aliphatic rings. The van der Waals surface area contributed by atoms with Crippen LogP contribution in [0, 0.1) is 41.4 Å². The summed E-state index contributed by atoms with van der Waals surface area (Å²) >= 11 is 0. The van der Waals surface area contributed by atoms with E-state index in [1.54, 1.807) is 0 Å². The molecule has 0 aromatic heterocycles. The van der Waals surface area contributed by atoms with Gasteiger partial charge in [-0.2, -0.15) is 0 Å². The molecule has 0 aromatic carbocycles. The molecule has 0 aromatic rings. The lowest BCUT2D eigenvalue weighted by molar-refractivity contribution is 0.377. The molecule has 0 heteroatoms. The first kappa shape index (κ1) is 41.5. The minimum atomic E-state index is 0.730. The van der Waals surface area contributed by atoms with E-state index in [-0.39, 0.29) is 0 Å². The van der Waals surface area contributed by atoms with Crippen LogP contribution in [0.25, 0.3) is 0 Å². The predicted molar refractivity (Wildman–Crippen MR) is 195 cm³/mol. The molecule has 0 heterocycles. The Morgan fingerprint density at radius 3 is 1.57 bits per heavy atom. The molecule has 250 valence electrons. The van der Waals surface area contributed by atoms with Crippen molar-refractivity contribution in [3.8, 4) is 0 Å². The van der Waals surface area contributed by atoms with Crippen LogP contribution in [0.3, 0.4) is 0 Å². The maximum absolute atomic E-state index is 2.62. The van der Waals surface area contributed by atoms with E-state index in [0.717, 1.165) is 41.4 Å². The van der Waals surface area contributed by atoms with Crippen LogP contribution in [0.2, 0.25) is 0 Å². The maximum Gasteiger partial charge on any atom is -0.0205 e. The third kappa shape index (κ3) is 27.1. The molecule has 0 bridgehead atoms. The molecule has 42 heavy (non-hydrogen) atoms. The molecule has 0 saturated heterocycles. The molecule has 0 spiro atoms. The van der Waals surface area contributed by atoms with Gasteiger partial charge in [-0.15, -0.1) is 0 Å². The van der Waals surface area contributed by atoms with Gasteiger partial charge < -0.3 is 0 Å². The zero-order chi connectivity index (χ0) is 31.4. The summed E-state index contributed by atoms with van der Waals surface area (Å²) in [6, 6.07) is 0. The van der Waals surface area contributed by atoms with Crippen molar-refractivity contribution in [2.75, 3.05) is 0 Å². The molecule has 6 unspecified atom stereocenters. The summed E-state index contributed by atoms with van der Waals surface area (Å²) in [6.45, 7) is 21.7. The fraction of sp³-hybridized carbons (Fsp3) is 0.905. The summed E-state index contributed by atoms with van der Waals surface area (Å²) < 4.78 is 0. The second-order valence-electron chi connectivity index (χ2n) is 15.5. The Bertz CT molecular complexity index is 597. The number of rotatable bonds is 30. The second-order valence-corrected chi connectivity index (χ2v) is 15.5. The standard InChI is InChI=1S/C42H82/c1-10-12-26-40(8)34-35-42(33-20-16-18-28-39(7)31-23-25-36(3)4)41(9)32-19-15-13-14-17-27-38(6)30-22-21-29-37(5)24-11-2/h15,19,34-42H,10-14,16-18,20-33H2,1-9H3. The monoisotopic (exact) mass is 587 g/mol. The molecule has 0 aliphatic heterocycles. The van der Waals surface area contributed by atoms with Gasteiger partial charge in [0.2, 0.25) is 0 Å². The van der Waals surface area contributed by atoms with Crippen LogP contribution < -0.4 is 0 Å². The van der Waals surface area contributed by atoms with E-state index in [0.29, 0.717) is 0 Å². The van der Waals surface area contributed by atoms with Crippen molar-refractivity contribution >= 4 is 0 Å². The second kappa shape index (κ2) is 29.2. The summed E-state index contributed by atoms with van der Waals surface area (Å²) in [5.41, 5.74) is 0. The third-order valence-electron chi connectivity index (χ3n) is 10.1. The SMILES string of the molecule is CCCCC(C)C=CC(CCCCCC(C)CCCC(C)C)C(C)CC=CCCCCC(C)CCCCC(C)CCC. The van der Waals surface area contributed by atoms with Crippen LogP contribution in [-0.4, -0.2) is 0 Å². The smallest absolute Gasteiger partial charge is 0.0205 e. The normalized spacial score (nSPS) is 16.8. The largest absolute Gasteiger partial charge is 0.0885 e. The Morgan fingerprint density at radius 1 is 0.429 bits per heavy atom. The Kier molecular flexibility index (Phi) is 28.8. The van der Waals surface area contributed by atoms with Gasteiger partial charge in [-0.25, -0.2) is 0 Å². The highest BCUT2D eigenvalue weighted by atomic mass is 14.2. The van der Waals surface area contributed by atoms with Gasteiger partial charge in [0.15, 0.2) is 0 Å². The number of allylic oxidation sites excluding steroid dienone is 4. The zero-order valence-corrected chi connectivity index (χ0v) is 30.9. The lowest BCUT2D eigenvalue weighted by atomic mass is 9.85. The lowest BCUT2D eigenvalue weighted by Gasteiger charge is -2.21. The van der Waals surface area contributed by atoms with Crippen molar-refractivity contribution in [2.24, 2.45) is 41.4 Å². The van der Waals surface area contributed by atoms with Crippen LogP contribution in [0.4, 0.5) is 0 Å². The van der Waals surface area contributed by atoms with Crippen LogP contribution in [0.15, 0.2) is 24.3 Å². The Hall–Kier alpha value is -0.520. The highest BCUT2D eigenvalue weighted by Gasteiger charge is 2.14. The van der Waals surface area contributed by atoms with E-state index in [1.807, 2.05) is 0 Å². The van der Waals surface area contributed by atoms with Crippen LogP contribution in [0.1, 0.15) is 204 Å². The molecule has 0 nitrogen and oxygen atoms in total. The van der Waals surface area contributed by atoms with E-state index in [4.69, 9.17) is 0 Å². The molecule has 0 rings (SSSR count). The van der Waals surface area contributed by atoms with Gasteiger partial charge in [0.1, 0.15) is 0 Å². The molecular formula is C42H82. The van der Waals surface area contributed by atoms with Gasteiger partial charge in [-0.1, -0.05) is 196 Å². The van der Waals surface area contributed by atoms with Crippen molar-refractivity contribution < 1.29 is 0 Å². The molecule has 0 aliphatic carbocycles. The van der Waals surface area contributed by atoms with E-state index in [2.05, 4.69) is 86.6 Å². The van der Waals surface area contributed by atoms with Crippen molar-refractivity contribution in [1.29, 1.82) is 0 Å². The summed E-state index contributed by atoms with van der Waals surface area (Å²) in [5, 5.41) is 0. The fourth-order valence-electron chi connectivity index (χ4n) is 6.72. The van der Waals surface area contributed by atoms with Crippen molar-refractivity contribution in [3.05, 3.63) is 24.3 Å². The summed E-state index contributed by atoms with van der Waals surface area (Å²) in [4.78, 5) is 0. The molecule has 0 radical (unpaired) electrons. The summed E-state index contributed by atoms with van der Waals surface area (Å²) in [6.07, 6.45) is 40.8. The molecule has 6 atom stereocenters. The highest BCUT2D eigenvalue weighted by Crippen LogP contribution is 2.27.